The van der Waals surface area contributed by atoms with Crippen LogP contribution in [0, 0.1) is 15.5 Å². The molecule has 0 atom stereocenters. The van der Waals surface area contributed by atoms with Crippen molar-refractivity contribution >= 4 is 11.5 Å². The van der Waals surface area contributed by atoms with Gasteiger partial charge in [-0.2, -0.15) is 0 Å². The van der Waals surface area contributed by atoms with Crippen LogP contribution in [0.15, 0.2) is 24.3 Å². The molecule has 0 spiro atoms. The van der Waals surface area contributed by atoms with E-state index in [1.165, 1.54) is 6.07 Å². The average molecular weight is 219 g/mol. The SMILES string of the molecule is N=C(c1ccccc1[N+](=O)[O-])N1CCCC1. The van der Waals surface area contributed by atoms with E-state index in [4.69, 9.17) is 5.41 Å². The van der Waals surface area contributed by atoms with Gasteiger partial charge in [0.05, 0.1) is 10.5 Å². The standard InChI is InChI=1S/C11H13N3O2/c12-11(13-7-3-4-8-13)9-5-1-2-6-10(9)14(15)16/h1-2,5-6,12H,3-4,7-8H2. The van der Waals surface area contributed by atoms with Crippen molar-refractivity contribution in [3.05, 3.63) is 39.9 Å². The third kappa shape index (κ3) is 1.88. The van der Waals surface area contributed by atoms with Crippen LogP contribution in [0.25, 0.3) is 0 Å². The fourth-order valence-electron chi connectivity index (χ4n) is 1.94. The molecule has 1 aliphatic rings. The van der Waals surface area contributed by atoms with Crippen molar-refractivity contribution in [3.8, 4) is 0 Å². The Morgan fingerprint density at radius 2 is 1.94 bits per heavy atom. The van der Waals surface area contributed by atoms with Crippen molar-refractivity contribution in [2.24, 2.45) is 0 Å². The summed E-state index contributed by atoms with van der Waals surface area (Å²) in [4.78, 5) is 12.3. The van der Waals surface area contributed by atoms with Crippen molar-refractivity contribution in [1.29, 1.82) is 5.41 Å². The molecule has 0 aromatic heterocycles. The number of likely N-dealkylation sites (tertiary alicyclic amines) is 1. The van der Waals surface area contributed by atoms with Gasteiger partial charge in [0.1, 0.15) is 5.84 Å². The molecule has 0 bridgehead atoms. The van der Waals surface area contributed by atoms with Crippen molar-refractivity contribution in [2.75, 3.05) is 13.1 Å². The fraction of sp³-hybridized carbons (Fsp3) is 0.364. The van der Waals surface area contributed by atoms with Gasteiger partial charge in [0.15, 0.2) is 0 Å². The summed E-state index contributed by atoms with van der Waals surface area (Å²) in [5.74, 6) is 0.268. The van der Waals surface area contributed by atoms with E-state index in [-0.39, 0.29) is 11.5 Å². The molecular formula is C11H13N3O2. The molecule has 16 heavy (non-hydrogen) atoms. The summed E-state index contributed by atoms with van der Waals surface area (Å²) in [5.41, 5.74) is 0.425. The molecule has 1 aromatic carbocycles. The zero-order chi connectivity index (χ0) is 11.5. The van der Waals surface area contributed by atoms with Crippen LogP contribution in [0.2, 0.25) is 0 Å². The monoisotopic (exact) mass is 219 g/mol. The van der Waals surface area contributed by atoms with Crippen LogP contribution in [0.1, 0.15) is 18.4 Å². The highest BCUT2D eigenvalue weighted by molar-refractivity contribution is 6.00. The number of nitro benzene ring substituents is 1. The Balaban J connectivity index is 2.32. The van der Waals surface area contributed by atoms with Crippen molar-refractivity contribution in [1.82, 2.24) is 4.90 Å². The number of nitrogens with one attached hydrogen (secondary N) is 1. The molecule has 0 aliphatic carbocycles. The first kappa shape index (κ1) is 10.6. The lowest BCUT2D eigenvalue weighted by atomic mass is 10.1. The highest BCUT2D eigenvalue weighted by atomic mass is 16.6. The van der Waals surface area contributed by atoms with Gasteiger partial charge in [0, 0.05) is 19.2 Å². The van der Waals surface area contributed by atoms with Crippen LogP contribution in [0.4, 0.5) is 5.69 Å². The minimum atomic E-state index is -0.431. The van der Waals surface area contributed by atoms with Crippen molar-refractivity contribution < 1.29 is 4.92 Å². The maximum absolute atomic E-state index is 10.8. The molecule has 2 rings (SSSR count). The lowest BCUT2D eigenvalue weighted by molar-refractivity contribution is -0.385. The molecule has 1 saturated heterocycles. The lowest BCUT2D eigenvalue weighted by Crippen LogP contribution is -2.28. The predicted octanol–water partition coefficient (Wildman–Crippen LogP) is 2.02. The predicted molar refractivity (Wildman–Crippen MR) is 60.7 cm³/mol. The minimum Gasteiger partial charge on any atom is -0.356 e. The summed E-state index contributed by atoms with van der Waals surface area (Å²) in [5, 5.41) is 18.8. The molecule has 5 heteroatoms. The van der Waals surface area contributed by atoms with Gasteiger partial charge in [-0.15, -0.1) is 0 Å². The lowest BCUT2D eigenvalue weighted by Gasteiger charge is -2.18. The van der Waals surface area contributed by atoms with Crippen molar-refractivity contribution in [2.45, 2.75) is 12.8 Å². The van der Waals surface area contributed by atoms with Gasteiger partial charge in [-0.05, 0) is 18.9 Å². The summed E-state index contributed by atoms with van der Waals surface area (Å²) >= 11 is 0. The highest BCUT2D eigenvalue weighted by Gasteiger charge is 2.22. The van der Waals surface area contributed by atoms with Crippen LogP contribution >= 0.6 is 0 Å². The molecule has 1 aromatic rings. The molecule has 1 fully saturated rings. The number of benzene rings is 1. The molecule has 1 aliphatic heterocycles. The minimum absolute atomic E-state index is 0.0133. The van der Waals surface area contributed by atoms with Gasteiger partial charge in [-0.25, -0.2) is 0 Å². The van der Waals surface area contributed by atoms with Gasteiger partial charge in [0.25, 0.3) is 5.69 Å². The summed E-state index contributed by atoms with van der Waals surface area (Å²) < 4.78 is 0. The van der Waals surface area contributed by atoms with Crippen LogP contribution in [-0.4, -0.2) is 28.7 Å². The molecular weight excluding hydrogens is 206 g/mol. The molecule has 0 saturated carbocycles. The Labute approximate surface area is 93.3 Å². The Morgan fingerprint density at radius 3 is 2.56 bits per heavy atom. The normalized spacial score (nSPS) is 15.1. The van der Waals surface area contributed by atoms with Crippen LogP contribution in [-0.2, 0) is 0 Å². The summed E-state index contributed by atoms with van der Waals surface area (Å²) in [7, 11) is 0. The smallest absolute Gasteiger partial charge is 0.280 e. The zero-order valence-electron chi connectivity index (χ0n) is 8.85. The fourth-order valence-corrected chi connectivity index (χ4v) is 1.94. The van der Waals surface area contributed by atoms with Gasteiger partial charge in [-0.1, -0.05) is 12.1 Å². The molecule has 0 unspecified atom stereocenters. The van der Waals surface area contributed by atoms with E-state index in [0.29, 0.717) is 5.56 Å². The molecule has 84 valence electrons. The van der Waals surface area contributed by atoms with Gasteiger partial charge in [-0.3, -0.25) is 15.5 Å². The van der Waals surface area contributed by atoms with Gasteiger partial charge >= 0.3 is 0 Å². The van der Waals surface area contributed by atoms with E-state index in [1.807, 2.05) is 4.90 Å². The third-order valence-corrected chi connectivity index (χ3v) is 2.78. The van der Waals surface area contributed by atoms with Crippen LogP contribution in [0.5, 0.6) is 0 Å². The third-order valence-electron chi connectivity index (χ3n) is 2.78. The first-order valence-corrected chi connectivity index (χ1v) is 5.27. The second-order valence-electron chi connectivity index (χ2n) is 3.82. The Bertz CT molecular complexity index is 425. The van der Waals surface area contributed by atoms with E-state index >= 15 is 0 Å². The van der Waals surface area contributed by atoms with E-state index in [9.17, 15) is 10.1 Å². The number of amidine groups is 1. The molecule has 5 nitrogen and oxygen atoms in total. The van der Waals surface area contributed by atoms with E-state index in [0.717, 1.165) is 25.9 Å². The van der Waals surface area contributed by atoms with E-state index < -0.39 is 4.92 Å². The summed E-state index contributed by atoms with van der Waals surface area (Å²) in [6.45, 7) is 1.65. The molecule has 1 heterocycles. The van der Waals surface area contributed by atoms with E-state index in [1.54, 1.807) is 18.2 Å². The van der Waals surface area contributed by atoms with Gasteiger partial charge < -0.3 is 4.90 Å². The number of rotatable bonds is 2. The number of nitrogens with zero attached hydrogens (tertiary/aromatic N) is 2. The van der Waals surface area contributed by atoms with Crippen LogP contribution < -0.4 is 0 Å². The second-order valence-corrected chi connectivity index (χ2v) is 3.82. The summed E-state index contributed by atoms with van der Waals surface area (Å²) in [6, 6.07) is 6.44. The molecule has 1 N–H and O–H groups in total. The molecule has 0 radical (unpaired) electrons. The maximum atomic E-state index is 10.8. The highest BCUT2D eigenvalue weighted by Crippen LogP contribution is 2.21. The number of hydrogen-bond acceptors (Lipinski definition) is 3. The second kappa shape index (κ2) is 4.30. The first-order chi connectivity index (χ1) is 7.70. The largest absolute Gasteiger partial charge is 0.356 e. The summed E-state index contributed by atoms with van der Waals surface area (Å²) in [6.07, 6.45) is 2.12. The Hall–Kier alpha value is -1.91. The Morgan fingerprint density at radius 1 is 1.31 bits per heavy atom. The number of hydrogen-bond donors (Lipinski definition) is 1. The van der Waals surface area contributed by atoms with Crippen LogP contribution in [0.3, 0.4) is 0 Å². The van der Waals surface area contributed by atoms with Gasteiger partial charge in [0.2, 0.25) is 0 Å². The number of nitro groups is 1. The maximum Gasteiger partial charge on any atom is 0.280 e. The topological polar surface area (TPSA) is 70.2 Å². The zero-order valence-corrected chi connectivity index (χ0v) is 8.85. The number of para-hydroxylation sites is 1. The first-order valence-electron chi connectivity index (χ1n) is 5.27. The van der Waals surface area contributed by atoms with E-state index in [2.05, 4.69) is 0 Å². The Kier molecular flexibility index (Phi) is 2.85. The average Bonchev–Trinajstić information content (AvgIpc) is 2.81. The molecule has 0 amide bonds. The quantitative estimate of drug-likeness (QED) is 0.358. The van der Waals surface area contributed by atoms with Crippen molar-refractivity contribution in [3.63, 3.8) is 0 Å².